The van der Waals surface area contributed by atoms with Crippen molar-refractivity contribution in [2.24, 2.45) is 0 Å². The predicted molar refractivity (Wildman–Crippen MR) is 101 cm³/mol. The van der Waals surface area contributed by atoms with E-state index in [1.807, 2.05) is 30.3 Å². The van der Waals surface area contributed by atoms with Crippen molar-refractivity contribution in [3.8, 4) is 0 Å². The Morgan fingerprint density at radius 1 is 1.00 bits per heavy atom. The number of para-hydroxylation sites is 1. The topological polar surface area (TPSA) is 93.3 Å². The number of benzene rings is 2. The molecule has 3 aromatic rings. The molecule has 0 saturated carbocycles. The van der Waals surface area contributed by atoms with Gasteiger partial charge in [-0.3, -0.25) is 0 Å². The Morgan fingerprint density at radius 3 is 2.08 bits per heavy atom. The first-order valence-corrected chi connectivity index (χ1v) is 9.61. The Balaban J connectivity index is 0.000000196. The fraction of sp³-hybridized carbons (Fsp3) is 0.211. The van der Waals surface area contributed by atoms with Gasteiger partial charge in [0.2, 0.25) is 0 Å². The molecule has 3 N–H and O–H groups in total. The van der Waals surface area contributed by atoms with E-state index in [9.17, 15) is 13.5 Å². The van der Waals surface area contributed by atoms with E-state index in [4.69, 9.17) is 5.73 Å². The fourth-order valence-corrected chi connectivity index (χ4v) is 2.94. The van der Waals surface area contributed by atoms with Gasteiger partial charge in [0, 0.05) is 11.6 Å². The Bertz CT molecular complexity index is 963. The SMILES string of the molecule is CC(C)(O)c1nc2ccccc2cc1N.CS(=O)(=O)c1ccccc1. The van der Waals surface area contributed by atoms with E-state index in [1.54, 1.807) is 44.2 Å². The zero-order chi connectivity index (χ0) is 18.7. The van der Waals surface area contributed by atoms with Crippen LogP contribution in [0.25, 0.3) is 10.9 Å². The third kappa shape index (κ3) is 5.01. The van der Waals surface area contributed by atoms with Crippen LogP contribution in [-0.4, -0.2) is 24.8 Å². The number of hydrogen-bond donors (Lipinski definition) is 2. The van der Waals surface area contributed by atoms with Crippen LogP contribution in [-0.2, 0) is 15.4 Å². The van der Waals surface area contributed by atoms with Gasteiger partial charge in [-0.1, -0.05) is 36.4 Å². The summed E-state index contributed by atoms with van der Waals surface area (Å²) in [6.07, 6.45) is 1.20. The van der Waals surface area contributed by atoms with Crippen LogP contribution in [0.2, 0.25) is 0 Å². The average Bonchev–Trinajstić information content (AvgIpc) is 2.54. The van der Waals surface area contributed by atoms with E-state index in [2.05, 4.69) is 4.98 Å². The van der Waals surface area contributed by atoms with Crippen LogP contribution in [0.5, 0.6) is 0 Å². The second kappa shape index (κ2) is 7.21. The zero-order valence-corrected chi connectivity index (χ0v) is 15.3. The number of nitrogens with two attached hydrogens (primary N) is 1. The summed E-state index contributed by atoms with van der Waals surface area (Å²) in [6, 6.07) is 17.9. The molecule has 2 aromatic carbocycles. The number of sulfone groups is 1. The number of nitrogens with zero attached hydrogens (tertiary/aromatic N) is 1. The minimum Gasteiger partial charge on any atom is -0.397 e. The lowest BCUT2D eigenvalue weighted by molar-refractivity contribution is 0.0751. The molecule has 0 bridgehead atoms. The Morgan fingerprint density at radius 2 is 1.56 bits per heavy atom. The molecule has 0 amide bonds. The van der Waals surface area contributed by atoms with Gasteiger partial charge in [-0.2, -0.15) is 0 Å². The summed E-state index contributed by atoms with van der Waals surface area (Å²) in [4.78, 5) is 4.74. The lowest BCUT2D eigenvalue weighted by Crippen LogP contribution is -2.19. The molecule has 0 atom stereocenters. The Hall–Kier alpha value is -2.44. The summed E-state index contributed by atoms with van der Waals surface area (Å²) in [5.74, 6) is 0. The smallest absolute Gasteiger partial charge is 0.175 e. The quantitative estimate of drug-likeness (QED) is 0.734. The highest BCUT2D eigenvalue weighted by Gasteiger charge is 2.21. The molecule has 0 aliphatic carbocycles. The van der Waals surface area contributed by atoms with Gasteiger partial charge in [-0.05, 0) is 38.1 Å². The summed E-state index contributed by atoms with van der Waals surface area (Å²) in [5.41, 5.74) is 6.75. The minimum atomic E-state index is -3.00. The zero-order valence-electron chi connectivity index (χ0n) is 14.5. The van der Waals surface area contributed by atoms with Crippen molar-refractivity contribution < 1.29 is 13.5 Å². The van der Waals surface area contributed by atoms with Crippen LogP contribution in [0.3, 0.4) is 0 Å². The van der Waals surface area contributed by atoms with E-state index in [0.29, 0.717) is 16.3 Å². The van der Waals surface area contributed by atoms with E-state index in [1.165, 1.54) is 6.26 Å². The lowest BCUT2D eigenvalue weighted by atomic mass is 10.0. The third-order valence-corrected chi connectivity index (χ3v) is 4.63. The van der Waals surface area contributed by atoms with Crippen molar-refractivity contribution in [2.45, 2.75) is 24.3 Å². The Kier molecular flexibility index (Phi) is 5.45. The van der Waals surface area contributed by atoms with Gasteiger partial charge in [0.1, 0.15) is 5.60 Å². The maximum atomic E-state index is 10.8. The second-order valence-corrected chi connectivity index (χ2v) is 8.28. The van der Waals surface area contributed by atoms with Gasteiger partial charge in [0.25, 0.3) is 0 Å². The normalized spacial score (nSPS) is 11.7. The van der Waals surface area contributed by atoms with E-state index < -0.39 is 15.4 Å². The van der Waals surface area contributed by atoms with Crippen molar-refractivity contribution in [2.75, 3.05) is 12.0 Å². The molecule has 25 heavy (non-hydrogen) atoms. The van der Waals surface area contributed by atoms with Gasteiger partial charge in [0.05, 0.1) is 21.8 Å². The number of aliphatic hydroxyl groups is 1. The van der Waals surface area contributed by atoms with Gasteiger partial charge >= 0.3 is 0 Å². The number of pyridine rings is 1. The molecule has 0 aliphatic heterocycles. The Labute approximate surface area is 148 Å². The summed E-state index contributed by atoms with van der Waals surface area (Å²) in [5, 5.41) is 10.9. The van der Waals surface area contributed by atoms with E-state index >= 15 is 0 Å². The first kappa shape index (κ1) is 18.9. The molecule has 1 heterocycles. The summed E-state index contributed by atoms with van der Waals surface area (Å²) in [6.45, 7) is 3.36. The molecule has 0 fully saturated rings. The van der Waals surface area contributed by atoms with E-state index in [0.717, 1.165) is 10.9 Å². The molecule has 0 radical (unpaired) electrons. The lowest BCUT2D eigenvalue weighted by Gasteiger charge is -2.19. The maximum absolute atomic E-state index is 10.8. The number of rotatable bonds is 2. The average molecular weight is 358 g/mol. The number of anilines is 1. The van der Waals surface area contributed by atoms with Gasteiger partial charge < -0.3 is 10.8 Å². The molecule has 132 valence electrons. The van der Waals surface area contributed by atoms with Gasteiger partial charge in [-0.25, -0.2) is 13.4 Å². The number of hydrogen-bond acceptors (Lipinski definition) is 5. The van der Waals surface area contributed by atoms with Crippen molar-refractivity contribution in [3.05, 3.63) is 66.4 Å². The number of aromatic nitrogens is 1. The standard InChI is InChI=1S/C12H14N2O.C7H8O2S/c1-12(2,15)11-9(13)7-8-5-3-4-6-10(8)14-11;1-10(8,9)7-5-3-2-4-6-7/h3-7,15H,13H2,1-2H3;2-6H,1H3. The molecule has 0 spiro atoms. The van der Waals surface area contributed by atoms with Crippen LogP contribution in [0.1, 0.15) is 19.5 Å². The molecule has 6 heteroatoms. The third-order valence-electron chi connectivity index (χ3n) is 3.50. The predicted octanol–water partition coefficient (Wildman–Crippen LogP) is 3.13. The largest absolute Gasteiger partial charge is 0.397 e. The molecule has 0 unspecified atom stereocenters. The summed E-state index contributed by atoms with van der Waals surface area (Å²) >= 11 is 0. The molecular formula is C19H22N2O3S. The van der Waals surface area contributed by atoms with Gasteiger partial charge in [0.15, 0.2) is 9.84 Å². The highest BCUT2D eigenvalue weighted by atomic mass is 32.2. The first-order valence-electron chi connectivity index (χ1n) is 7.72. The van der Waals surface area contributed by atoms with Crippen molar-refractivity contribution >= 4 is 26.4 Å². The van der Waals surface area contributed by atoms with Gasteiger partial charge in [-0.15, -0.1) is 0 Å². The molecule has 3 rings (SSSR count). The minimum absolute atomic E-state index is 0.370. The van der Waals surface area contributed by atoms with Crippen molar-refractivity contribution in [1.29, 1.82) is 0 Å². The molecule has 0 aliphatic rings. The van der Waals surface area contributed by atoms with Crippen LogP contribution < -0.4 is 5.73 Å². The number of nitrogen functional groups attached to an aromatic ring is 1. The highest BCUT2D eigenvalue weighted by Crippen LogP contribution is 2.26. The second-order valence-electron chi connectivity index (χ2n) is 6.26. The first-order chi connectivity index (χ1) is 11.6. The van der Waals surface area contributed by atoms with Crippen LogP contribution in [0.4, 0.5) is 5.69 Å². The number of fused-ring (bicyclic) bond motifs is 1. The maximum Gasteiger partial charge on any atom is 0.175 e. The molecule has 1 aromatic heterocycles. The summed E-state index contributed by atoms with van der Waals surface area (Å²) < 4.78 is 21.7. The monoisotopic (exact) mass is 358 g/mol. The summed E-state index contributed by atoms with van der Waals surface area (Å²) in [7, 11) is -3.00. The fourth-order valence-electron chi connectivity index (χ4n) is 2.29. The molecule has 0 saturated heterocycles. The van der Waals surface area contributed by atoms with Crippen LogP contribution in [0, 0.1) is 0 Å². The molecule has 5 nitrogen and oxygen atoms in total. The van der Waals surface area contributed by atoms with Crippen molar-refractivity contribution in [1.82, 2.24) is 4.98 Å². The van der Waals surface area contributed by atoms with Crippen molar-refractivity contribution in [3.63, 3.8) is 0 Å². The van der Waals surface area contributed by atoms with Crippen LogP contribution in [0.15, 0.2) is 65.6 Å². The van der Waals surface area contributed by atoms with E-state index in [-0.39, 0.29) is 0 Å². The highest BCUT2D eigenvalue weighted by molar-refractivity contribution is 7.90. The van der Waals surface area contributed by atoms with Crippen LogP contribution >= 0.6 is 0 Å². The molecular weight excluding hydrogens is 336 g/mol.